The van der Waals surface area contributed by atoms with E-state index in [9.17, 15) is 31.2 Å². The molecule has 0 aliphatic heterocycles. The predicted molar refractivity (Wildman–Crippen MR) is 152 cm³/mol. The van der Waals surface area contributed by atoms with Crippen molar-refractivity contribution < 1.29 is 31.2 Å². The Bertz CT molecular complexity index is 1450. The molecular weight excluding hydrogens is 579 g/mol. The maximum Gasteiger partial charge on any atom is 0.416 e. The Morgan fingerprint density at radius 2 is 1.59 bits per heavy atom. The van der Waals surface area contributed by atoms with Crippen LogP contribution in [0.2, 0.25) is 5.02 Å². The summed E-state index contributed by atoms with van der Waals surface area (Å²) in [6.07, 6.45) is -4.10. The zero-order valence-electron chi connectivity index (χ0n) is 22.7. The van der Waals surface area contributed by atoms with Crippen molar-refractivity contribution in [3.05, 3.63) is 95.0 Å². The summed E-state index contributed by atoms with van der Waals surface area (Å²) in [5.74, 6) is -1.25. The molecule has 2 atom stereocenters. The predicted octanol–water partition coefficient (Wildman–Crippen LogP) is 5.89. The van der Waals surface area contributed by atoms with Gasteiger partial charge in [0.05, 0.1) is 16.1 Å². The smallest absolute Gasteiger partial charge is 0.352 e. The van der Waals surface area contributed by atoms with E-state index in [0.29, 0.717) is 27.4 Å². The Kier molecular flexibility index (Phi) is 10.4. The molecular formula is C29H31ClF3N3O4S. The SMILES string of the molecule is CC[C@H](C)NC(=O)[C@H](C)N(Cc1ccc(Cl)cc1)C(=O)CN(c1cccc(C(F)(F)F)c1)S(=O)(=O)c1ccccc1. The van der Waals surface area contributed by atoms with Gasteiger partial charge in [0.2, 0.25) is 11.8 Å². The van der Waals surface area contributed by atoms with Gasteiger partial charge in [0, 0.05) is 17.6 Å². The molecule has 220 valence electrons. The summed E-state index contributed by atoms with van der Waals surface area (Å²) < 4.78 is 68.7. The molecule has 0 saturated heterocycles. The van der Waals surface area contributed by atoms with Crippen molar-refractivity contribution in [3.8, 4) is 0 Å². The summed E-state index contributed by atoms with van der Waals surface area (Å²) in [5, 5.41) is 3.27. The molecule has 0 fully saturated rings. The number of sulfonamides is 1. The minimum atomic E-state index is -4.74. The molecule has 0 radical (unpaired) electrons. The van der Waals surface area contributed by atoms with E-state index in [1.165, 1.54) is 42.2 Å². The second-order valence-corrected chi connectivity index (χ2v) is 11.8. The van der Waals surface area contributed by atoms with E-state index < -0.39 is 46.2 Å². The van der Waals surface area contributed by atoms with Gasteiger partial charge in [0.25, 0.3) is 10.0 Å². The van der Waals surface area contributed by atoms with Gasteiger partial charge in [-0.05, 0) is 68.3 Å². The molecule has 1 N–H and O–H groups in total. The molecule has 0 aliphatic rings. The van der Waals surface area contributed by atoms with Crippen molar-refractivity contribution in [3.63, 3.8) is 0 Å². The van der Waals surface area contributed by atoms with Crippen LogP contribution in [0.1, 0.15) is 38.3 Å². The Balaban J connectivity index is 2.07. The Morgan fingerprint density at radius 3 is 2.17 bits per heavy atom. The van der Waals surface area contributed by atoms with Crippen LogP contribution in [0.15, 0.2) is 83.8 Å². The lowest BCUT2D eigenvalue weighted by molar-refractivity contribution is -0.139. The quantitative estimate of drug-likeness (QED) is 0.294. The van der Waals surface area contributed by atoms with Crippen molar-refractivity contribution in [2.75, 3.05) is 10.8 Å². The summed E-state index contributed by atoms with van der Waals surface area (Å²) in [4.78, 5) is 27.9. The second-order valence-electron chi connectivity index (χ2n) is 9.51. The molecule has 0 aromatic heterocycles. The van der Waals surface area contributed by atoms with Gasteiger partial charge >= 0.3 is 6.18 Å². The van der Waals surface area contributed by atoms with Gasteiger partial charge in [-0.25, -0.2) is 8.42 Å². The molecule has 0 saturated carbocycles. The summed E-state index contributed by atoms with van der Waals surface area (Å²) in [5.41, 5.74) is -0.808. The number of hydrogen-bond acceptors (Lipinski definition) is 4. The number of nitrogens with zero attached hydrogens (tertiary/aromatic N) is 2. The van der Waals surface area contributed by atoms with Crippen LogP contribution >= 0.6 is 11.6 Å². The highest BCUT2D eigenvalue weighted by Gasteiger charge is 2.35. The van der Waals surface area contributed by atoms with Gasteiger partial charge in [0.15, 0.2) is 0 Å². The minimum Gasteiger partial charge on any atom is -0.352 e. The lowest BCUT2D eigenvalue weighted by Gasteiger charge is -2.32. The highest BCUT2D eigenvalue weighted by atomic mass is 35.5. The fourth-order valence-electron chi connectivity index (χ4n) is 3.92. The lowest BCUT2D eigenvalue weighted by atomic mass is 10.1. The van der Waals surface area contributed by atoms with Crippen LogP contribution in [0.25, 0.3) is 0 Å². The van der Waals surface area contributed by atoms with Gasteiger partial charge in [-0.1, -0.05) is 54.9 Å². The van der Waals surface area contributed by atoms with E-state index >= 15 is 0 Å². The molecule has 12 heteroatoms. The highest BCUT2D eigenvalue weighted by Crippen LogP contribution is 2.33. The van der Waals surface area contributed by atoms with Crippen LogP contribution in [-0.4, -0.2) is 43.8 Å². The number of benzene rings is 3. The molecule has 7 nitrogen and oxygen atoms in total. The van der Waals surface area contributed by atoms with Gasteiger partial charge in [0.1, 0.15) is 12.6 Å². The fraction of sp³-hybridized carbons (Fsp3) is 0.310. The summed E-state index contributed by atoms with van der Waals surface area (Å²) >= 11 is 5.99. The Hall–Kier alpha value is -3.57. The van der Waals surface area contributed by atoms with Gasteiger partial charge in [-0.15, -0.1) is 0 Å². The summed E-state index contributed by atoms with van der Waals surface area (Å²) in [6, 6.07) is 16.2. The first-order chi connectivity index (χ1) is 19.2. The zero-order valence-corrected chi connectivity index (χ0v) is 24.3. The molecule has 0 aliphatic carbocycles. The third-order valence-electron chi connectivity index (χ3n) is 6.51. The van der Waals surface area contributed by atoms with Crippen molar-refractivity contribution in [1.82, 2.24) is 10.2 Å². The number of carbonyl (C=O) groups excluding carboxylic acids is 2. The van der Waals surface area contributed by atoms with E-state index in [2.05, 4.69) is 5.32 Å². The van der Waals surface area contributed by atoms with E-state index in [-0.39, 0.29) is 23.2 Å². The molecule has 0 heterocycles. The van der Waals surface area contributed by atoms with E-state index in [0.717, 1.165) is 12.1 Å². The van der Waals surface area contributed by atoms with Crippen molar-refractivity contribution >= 4 is 39.1 Å². The average Bonchev–Trinajstić information content (AvgIpc) is 2.95. The number of anilines is 1. The first-order valence-electron chi connectivity index (χ1n) is 12.8. The van der Waals surface area contributed by atoms with Crippen LogP contribution in [0.5, 0.6) is 0 Å². The second kappa shape index (κ2) is 13.4. The number of halogens is 4. The van der Waals surface area contributed by atoms with Crippen molar-refractivity contribution in [1.29, 1.82) is 0 Å². The van der Waals surface area contributed by atoms with E-state index in [4.69, 9.17) is 11.6 Å². The summed E-state index contributed by atoms with van der Waals surface area (Å²) in [7, 11) is -4.49. The van der Waals surface area contributed by atoms with E-state index in [1.807, 2.05) is 6.92 Å². The molecule has 3 rings (SSSR count). The lowest BCUT2D eigenvalue weighted by Crippen LogP contribution is -2.52. The zero-order chi connectivity index (χ0) is 30.4. The van der Waals surface area contributed by atoms with Crippen LogP contribution < -0.4 is 9.62 Å². The fourth-order valence-corrected chi connectivity index (χ4v) is 5.47. The molecule has 0 unspecified atom stereocenters. The largest absolute Gasteiger partial charge is 0.416 e. The Morgan fingerprint density at radius 1 is 0.951 bits per heavy atom. The molecule has 41 heavy (non-hydrogen) atoms. The number of alkyl halides is 3. The van der Waals surface area contributed by atoms with Gasteiger partial charge < -0.3 is 10.2 Å². The first-order valence-corrected chi connectivity index (χ1v) is 14.6. The Labute approximate surface area is 243 Å². The summed E-state index contributed by atoms with van der Waals surface area (Å²) in [6.45, 7) is 4.26. The maximum absolute atomic E-state index is 13.9. The van der Waals surface area contributed by atoms with Crippen LogP contribution in [0.3, 0.4) is 0 Å². The maximum atomic E-state index is 13.9. The standard InChI is InChI=1S/C29H31ClF3N3O4S/c1-4-20(2)34-28(38)21(3)35(18-22-13-15-24(30)16-14-22)27(37)19-36(41(39,40)26-11-6-5-7-12-26)25-10-8-9-23(17-25)29(31,32)33/h5-17,20-21H,4,18-19H2,1-3H3,(H,34,38)/t20-,21-/m0/s1. The first kappa shape index (κ1) is 32.0. The number of rotatable bonds is 11. The highest BCUT2D eigenvalue weighted by molar-refractivity contribution is 7.92. The molecule has 3 aromatic carbocycles. The van der Waals surface area contributed by atoms with Crippen LogP contribution in [0, 0.1) is 0 Å². The molecule has 0 bridgehead atoms. The number of nitrogens with one attached hydrogen (secondary N) is 1. The topological polar surface area (TPSA) is 86.8 Å². The third-order valence-corrected chi connectivity index (χ3v) is 8.55. The number of hydrogen-bond donors (Lipinski definition) is 1. The number of amides is 2. The third kappa shape index (κ3) is 8.23. The van der Waals surface area contributed by atoms with Gasteiger partial charge in [-0.3, -0.25) is 13.9 Å². The van der Waals surface area contributed by atoms with Crippen LogP contribution in [-0.2, 0) is 32.3 Å². The molecule has 0 spiro atoms. The monoisotopic (exact) mass is 609 g/mol. The van der Waals surface area contributed by atoms with Crippen molar-refractivity contribution in [2.45, 2.75) is 56.9 Å². The van der Waals surface area contributed by atoms with Gasteiger partial charge in [-0.2, -0.15) is 13.2 Å². The van der Waals surface area contributed by atoms with E-state index in [1.54, 1.807) is 37.3 Å². The molecule has 3 aromatic rings. The molecule has 2 amide bonds. The average molecular weight is 610 g/mol. The number of carbonyl (C=O) groups is 2. The van der Waals surface area contributed by atoms with Crippen molar-refractivity contribution in [2.24, 2.45) is 0 Å². The van der Waals surface area contributed by atoms with Crippen LogP contribution in [0.4, 0.5) is 18.9 Å². The normalized spacial score (nSPS) is 13.2. The minimum absolute atomic E-state index is 0.0765.